The molecule has 1 aromatic rings. The largest absolute Gasteiger partial charge is 0.440 e. The number of hydrogen-bond acceptors (Lipinski definition) is 6. The molecule has 2 rings (SSSR count). The van der Waals surface area contributed by atoms with Crippen LogP contribution in [0.5, 0.6) is 0 Å². The van der Waals surface area contributed by atoms with E-state index >= 15 is 0 Å². The number of non-ortho nitro benzene ring substituents is 1. The number of nitro groups is 1. The molecule has 160 valence electrons. The highest BCUT2D eigenvalue weighted by Crippen LogP contribution is 2.20. The number of likely N-dealkylation sites (tertiary alicyclic amines) is 1. The number of piperidine rings is 1. The van der Waals surface area contributed by atoms with Crippen LogP contribution in [0, 0.1) is 16.0 Å². The van der Waals surface area contributed by atoms with Crippen LogP contribution in [0.25, 0.3) is 0 Å². The van der Waals surface area contributed by atoms with E-state index in [2.05, 4.69) is 15.4 Å². The first-order valence-corrected chi connectivity index (χ1v) is 8.90. The summed E-state index contributed by atoms with van der Waals surface area (Å²) in [6, 6.07) is 5.86. The van der Waals surface area contributed by atoms with Crippen molar-refractivity contribution < 1.29 is 32.4 Å². The van der Waals surface area contributed by atoms with E-state index in [-0.39, 0.29) is 30.6 Å². The van der Waals surface area contributed by atoms with Gasteiger partial charge in [-0.25, -0.2) is 4.79 Å². The summed E-state index contributed by atoms with van der Waals surface area (Å²) in [6.45, 7) is -0.602. The van der Waals surface area contributed by atoms with E-state index in [4.69, 9.17) is 0 Å². The summed E-state index contributed by atoms with van der Waals surface area (Å²) >= 11 is 0. The van der Waals surface area contributed by atoms with Gasteiger partial charge in [-0.05, 0) is 25.0 Å². The van der Waals surface area contributed by atoms with E-state index in [1.165, 1.54) is 12.1 Å². The third-order valence-electron chi connectivity index (χ3n) is 4.31. The van der Waals surface area contributed by atoms with Crippen LogP contribution in [0.4, 0.5) is 29.3 Å². The molecule has 0 atom stereocenters. The number of hydrogen-bond donors (Lipinski definition) is 2. The number of ether oxygens (including phenoxy) is 1. The average molecular weight is 418 g/mol. The lowest BCUT2D eigenvalue weighted by Crippen LogP contribution is -2.44. The van der Waals surface area contributed by atoms with E-state index in [0.29, 0.717) is 31.6 Å². The third kappa shape index (κ3) is 7.47. The minimum atomic E-state index is -4.57. The molecule has 1 aromatic carbocycles. The van der Waals surface area contributed by atoms with Crippen LogP contribution in [-0.2, 0) is 9.53 Å². The summed E-state index contributed by atoms with van der Waals surface area (Å²) in [5, 5.41) is 16.4. The molecule has 0 unspecified atom stereocenters. The molecule has 0 saturated carbocycles. The number of nitrogens with zero attached hydrogens (tertiary/aromatic N) is 2. The SMILES string of the molecule is O=C(NCCNc1ccc([N+](=O)[O-])cc1)C1CCN(C(=O)OCC(F)(F)F)CC1. The zero-order valence-electron chi connectivity index (χ0n) is 15.4. The minimum absolute atomic E-state index is 0.0162. The molecule has 9 nitrogen and oxygen atoms in total. The third-order valence-corrected chi connectivity index (χ3v) is 4.31. The Morgan fingerprint density at radius 3 is 2.34 bits per heavy atom. The lowest BCUT2D eigenvalue weighted by Gasteiger charge is -2.30. The van der Waals surface area contributed by atoms with Gasteiger partial charge in [0.05, 0.1) is 4.92 Å². The van der Waals surface area contributed by atoms with Crippen molar-refractivity contribution >= 4 is 23.4 Å². The maximum absolute atomic E-state index is 12.2. The first-order chi connectivity index (χ1) is 13.7. The Hall–Kier alpha value is -3.05. The van der Waals surface area contributed by atoms with Gasteiger partial charge in [-0.3, -0.25) is 14.9 Å². The molecule has 1 aliphatic rings. The molecule has 2 N–H and O–H groups in total. The number of rotatable bonds is 7. The number of carbonyl (C=O) groups excluding carboxylic acids is 2. The molecule has 1 heterocycles. The van der Waals surface area contributed by atoms with Gasteiger partial charge in [0.15, 0.2) is 6.61 Å². The van der Waals surface area contributed by atoms with Gasteiger partial charge in [-0.1, -0.05) is 0 Å². The fourth-order valence-corrected chi connectivity index (χ4v) is 2.80. The second-order valence-corrected chi connectivity index (χ2v) is 6.45. The van der Waals surface area contributed by atoms with Crippen LogP contribution in [0.2, 0.25) is 0 Å². The van der Waals surface area contributed by atoms with Crippen LogP contribution >= 0.6 is 0 Å². The number of carbonyl (C=O) groups is 2. The number of halogens is 3. The Balaban J connectivity index is 1.64. The van der Waals surface area contributed by atoms with Gasteiger partial charge in [0.2, 0.25) is 5.91 Å². The Morgan fingerprint density at radius 1 is 1.17 bits per heavy atom. The van der Waals surface area contributed by atoms with Gasteiger partial charge in [0.1, 0.15) is 0 Å². The number of nitro benzene ring substituents is 1. The number of nitrogens with one attached hydrogen (secondary N) is 2. The summed E-state index contributed by atoms with van der Waals surface area (Å²) < 4.78 is 40.4. The topological polar surface area (TPSA) is 114 Å². The number of amides is 2. The summed E-state index contributed by atoms with van der Waals surface area (Å²) in [5.74, 6) is -0.528. The van der Waals surface area contributed by atoms with Crippen molar-refractivity contribution in [2.24, 2.45) is 5.92 Å². The molecule has 1 fully saturated rings. The molecule has 0 bridgehead atoms. The molecule has 29 heavy (non-hydrogen) atoms. The fourth-order valence-electron chi connectivity index (χ4n) is 2.80. The van der Waals surface area contributed by atoms with Gasteiger partial charge < -0.3 is 20.3 Å². The van der Waals surface area contributed by atoms with Gasteiger partial charge in [0, 0.05) is 49.9 Å². The molecular weight excluding hydrogens is 397 g/mol. The van der Waals surface area contributed by atoms with Gasteiger partial charge >= 0.3 is 12.3 Å². The maximum Gasteiger partial charge on any atom is 0.422 e. The lowest BCUT2D eigenvalue weighted by atomic mass is 9.96. The first-order valence-electron chi connectivity index (χ1n) is 8.90. The second kappa shape index (κ2) is 9.94. The van der Waals surface area contributed by atoms with Crippen LogP contribution in [-0.4, -0.2) is 60.8 Å². The minimum Gasteiger partial charge on any atom is -0.440 e. The molecule has 0 radical (unpaired) electrons. The predicted molar refractivity (Wildman–Crippen MR) is 96.3 cm³/mol. The summed E-state index contributed by atoms with van der Waals surface area (Å²) in [7, 11) is 0. The molecule has 12 heteroatoms. The molecule has 2 amide bonds. The Bertz CT molecular complexity index is 719. The molecule has 1 saturated heterocycles. The number of anilines is 1. The highest BCUT2D eigenvalue weighted by Gasteiger charge is 2.32. The Morgan fingerprint density at radius 2 is 1.79 bits per heavy atom. The van der Waals surface area contributed by atoms with E-state index in [1.54, 1.807) is 12.1 Å². The van der Waals surface area contributed by atoms with Crippen LogP contribution < -0.4 is 10.6 Å². The summed E-state index contributed by atoms with van der Waals surface area (Å²) in [5.41, 5.74) is 0.660. The van der Waals surface area contributed by atoms with Crippen molar-refractivity contribution in [2.45, 2.75) is 19.0 Å². The van der Waals surface area contributed by atoms with Crippen molar-refractivity contribution in [1.82, 2.24) is 10.2 Å². The lowest BCUT2D eigenvalue weighted by molar-refractivity contribution is -0.384. The van der Waals surface area contributed by atoms with E-state index < -0.39 is 23.8 Å². The van der Waals surface area contributed by atoms with Gasteiger partial charge in [0.25, 0.3) is 5.69 Å². The quantitative estimate of drug-likeness (QED) is 0.400. The van der Waals surface area contributed by atoms with Crippen molar-refractivity contribution in [3.8, 4) is 0 Å². The highest BCUT2D eigenvalue weighted by molar-refractivity contribution is 5.79. The molecule has 0 aromatic heterocycles. The number of alkyl halides is 3. The zero-order valence-corrected chi connectivity index (χ0v) is 15.4. The van der Waals surface area contributed by atoms with Gasteiger partial charge in [-0.15, -0.1) is 0 Å². The smallest absolute Gasteiger partial charge is 0.422 e. The summed E-state index contributed by atoms with van der Waals surface area (Å²) in [4.78, 5) is 35.0. The predicted octanol–water partition coefficient (Wildman–Crippen LogP) is 2.53. The maximum atomic E-state index is 12.2. The van der Waals surface area contributed by atoms with E-state index in [0.717, 1.165) is 4.90 Å². The Kier molecular flexibility index (Phi) is 7.62. The van der Waals surface area contributed by atoms with Crippen LogP contribution in [0.3, 0.4) is 0 Å². The van der Waals surface area contributed by atoms with Crippen molar-refractivity contribution in [2.75, 3.05) is 38.1 Å². The van der Waals surface area contributed by atoms with E-state index in [9.17, 15) is 32.9 Å². The monoisotopic (exact) mass is 418 g/mol. The highest BCUT2D eigenvalue weighted by atomic mass is 19.4. The summed E-state index contributed by atoms with van der Waals surface area (Å²) in [6.07, 6.45) is -4.93. The van der Waals surface area contributed by atoms with Crippen molar-refractivity contribution in [1.29, 1.82) is 0 Å². The van der Waals surface area contributed by atoms with E-state index in [1.807, 2.05) is 0 Å². The molecule has 1 aliphatic heterocycles. The first kappa shape index (κ1) is 22.2. The van der Waals surface area contributed by atoms with Crippen molar-refractivity contribution in [3.05, 3.63) is 34.4 Å². The van der Waals surface area contributed by atoms with Gasteiger partial charge in [-0.2, -0.15) is 13.2 Å². The zero-order chi connectivity index (χ0) is 21.4. The molecular formula is C17H21F3N4O5. The fraction of sp³-hybridized carbons (Fsp3) is 0.529. The second-order valence-electron chi connectivity index (χ2n) is 6.45. The van der Waals surface area contributed by atoms with Crippen LogP contribution in [0.15, 0.2) is 24.3 Å². The van der Waals surface area contributed by atoms with Crippen molar-refractivity contribution in [3.63, 3.8) is 0 Å². The number of benzene rings is 1. The normalized spacial score (nSPS) is 14.9. The Labute approximate surface area is 164 Å². The molecule has 0 spiro atoms. The average Bonchev–Trinajstić information content (AvgIpc) is 2.69. The standard InChI is InChI=1S/C17H21F3N4O5/c18-17(19,20)11-29-16(26)23-9-5-12(6-10-23)15(25)22-8-7-21-13-1-3-14(4-2-13)24(27)28/h1-4,12,21H,5-11H2,(H,22,25). The molecule has 0 aliphatic carbocycles. The van der Waals surface area contributed by atoms with Crippen LogP contribution in [0.1, 0.15) is 12.8 Å².